The highest BCUT2D eigenvalue weighted by Gasteiger charge is 2.14. The quantitative estimate of drug-likeness (QED) is 0.677. The zero-order chi connectivity index (χ0) is 15.2. The number of hydrogen-bond donors (Lipinski definition) is 1. The van der Waals surface area contributed by atoms with Crippen molar-refractivity contribution in [3.05, 3.63) is 59.7 Å². The molecule has 0 aliphatic carbocycles. The number of nitrogens with zero attached hydrogens (tertiary/aromatic N) is 1. The number of likely N-dealkylation sites (N-methyl/N-ethyl adjacent to an activating group) is 1. The van der Waals surface area contributed by atoms with Crippen LogP contribution in [0.3, 0.4) is 0 Å². The van der Waals surface area contributed by atoms with Gasteiger partial charge >= 0.3 is 5.97 Å². The lowest BCUT2D eigenvalue weighted by Crippen LogP contribution is -2.22. The van der Waals surface area contributed by atoms with Crippen LogP contribution in [0.4, 0.5) is 11.4 Å². The molecule has 0 spiro atoms. The van der Waals surface area contributed by atoms with E-state index < -0.39 is 5.97 Å². The molecular weight excluding hydrogens is 264 g/mol. The van der Waals surface area contributed by atoms with Crippen LogP contribution in [0.15, 0.2) is 48.5 Å². The summed E-state index contributed by atoms with van der Waals surface area (Å²) in [5.74, 6) is -0.411. The van der Waals surface area contributed by atoms with E-state index in [0.29, 0.717) is 11.3 Å². The highest BCUT2D eigenvalue weighted by molar-refractivity contribution is 5.98. The van der Waals surface area contributed by atoms with E-state index in [1.165, 1.54) is 12.7 Å². The van der Waals surface area contributed by atoms with Gasteiger partial charge in [-0.1, -0.05) is 36.4 Å². The third kappa shape index (κ3) is 3.54. The number of para-hydroxylation sites is 1. The topological polar surface area (TPSA) is 55.6 Å². The van der Waals surface area contributed by atoms with Gasteiger partial charge in [0.1, 0.15) is 0 Å². The van der Waals surface area contributed by atoms with Gasteiger partial charge in [0.2, 0.25) is 0 Å². The Balaban J connectivity index is 2.12. The Morgan fingerprint density at radius 1 is 1.14 bits per heavy atom. The maximum Gasteiger partial charge on any atom is 0.340 e. The van der Waals surface area contributed by atoms with Gasteiger partial charge in [0, 0.05) is 13.6 Å². The van der Waals surface area contributed by atoms with Gasteiger partial charge in [-0.05, 0) is 24.1 Å². The standard InChI is InChI=1S/C17H20N2O2/c1-19(12-11-13-7-4-3-5-8-13)15-10-6-9-14(16(15)18)17(20)21-2/h3-10H,11-12,18H2,1-2H3. The summed E-state index contributed by atoms with van der Waals surface area (Å²) < 4.78 is 4.74. The first kappa shape index (κ1) is 14.9. The van der Waals surface area contributed by atoms with Gasteiger partial charge in [-0.15, -0.1) is 0 Å². The Kier molecular flexibility index (Phi) is 4.82. The molecule has 21 heavy (non-hydrogen) atoms. The third-order valence-corrected chi connectivity index (χ3v) is 3.48. The fourth-order valence-corrected chi connectivity index (χ4v) is 2.24. The van der Waals surface area contributed by atoms with Crippen molar-refractivity contribution in [3.8, 4) is 0 Å². The van der Waals surface area contributed by atoms with Gasteiger partial charge in [0.15, 0.2) is 0 Å². The number of esters is 1. The molecule has 0 heterocycles. The smallest absolute Gasteiger partial charge is 0.340 e. The Hall–Kier alpha value is -2.49. The van der Waals surface area contributed by atoms with Crippen molar-refractivity contribution in [2.45, 2.75) is 6.42 Å². The molecule has 0 aromatic heterocycles. The molecule has 0 atom stereocenters. The average molecular weight is 284 g/mol. The molecule has 2 rings (SSSR count). The second-order valence-corrected chi connectivity index (χ2v) is 4.89. The van der Waals surface area contributed by atoms with Crippen LogP contribution < -0.4 is 10.6 Å². The van der Waals surface area contributed by atoms with Gasteiger partial charge in [0.25, 0.3) is 0 Å². The summed E-state index contributed by atoms with van der Waals surface area (Å²) in [5.41, 5.74) is 9.06. The predicted molar refractivity (Wildman–Crippen MR) is 85.6 cm³/mol. The van der Waals surface area contributed by atoms with E-state index >= 15 is 0 Å². The van der Waals surface area contributed by atoms with Crippen molar-refractivity contribution in [3.63, 3.8) is 0 Å². The maximum absolute atomic E-state index is 11.7. The van der Waals surface area contributed by atoms with Crippen molar-refractivity contribution < 1.29 is 9.53 Å². The number of rotatable bonds is 5. The van der Waals surface area contributed by atoms with Crippen LogP contribution in [-0.4, -0.2) is 26.7 Å². The lowest BCUT2D eigenvalue weighted by molar-refractivity contribution is 0.0602. The van der Waals surface area contributed by atoms with Crippen LogP contribution in [0, 0.1) is 0 Å². The molecule has 0 radical (unpaired) electrons. The average Bonchev–Trinajstić information content (AvgIpc) is 2.53. The maximum atomic E-state index is 11.7. The van der Waals surface area contributed by atoms with Crippen LogP contribution in [0.5, 0.6) is 0 Å². The highest BCUT2D eigenvalue weighted by Crippen LogP contribution is 2.26. The number of nitrogen functional groups attached to an aromatic ring is 1. The van der Waals surface area contributed by atoms with Crippen molar-refractivity contribution in [1.29, 1.82) is 0 Å². The van der Waals surface area contributed by atoms with Gasteiger partial charge in [-0.25, -0.2) is 4.79 Å². The fourth-order valence-electron chi connectivity index (χ4n) is 2.24. The second kappa shape index (κ2) is 6.79. The molecule has 0 amide bonds. The number of methoxy groups -OCH3 is 1. The zero-order valence-corrected chi connectivity index (χ0v) is 12.4. The van der Waals surface area contributed by atoms with Crippen LogP contribution in [0.2, 0.25) is 0 Å². The predicted octanol–water partition coefficient (Wildman–Crippen LogP) is 2.73. The van der Waals surface area contributed by atoms with Gasteiger partial charge < -0.3 is 15.4 Å². The minimum absolute atomic E-state index is 0.404. The second-order valence-electron chi connectivity index (χ2n) is 4.89. The van der Waals surface area contributed by atoms with Crippen LogP contribution >= 0.6 is 0 Å². The van der Waals surface area contributed by atoms with Crippen LogP contribution in [0.1, 0.15) is 15.9 Å². The third-order valence-electron chi connectivity index (χ3n) is 3.48. The van der Waals surface area contributed by atoms with E-state index in [0.717, 1.165) is 18.7 Å². The van der Waals surface area contributed by atoms with Gasteiger partial charge in [0.05, 0.1) is 24.0 Å². The molecule has 4 heteroatoms. The summed E-state index contributed by atoms with van der Waals surface area (Å²) in [5, 5.41) is 0. The lowest BCUT2D eigenvalue weighted by atomic mass is 10.1. The molecule has 0 fully saturated rings. The van der Waals surface area contributed by atoms with Crippen molar-refractivity contribution >= 4 is 17.3 Å². The van der Waals surface area contributed by atoms with Crippen molar-refractivity contribution in [2.75, 3.05) is 31.3 Å². The van der Waals surface area contributed by atoms with E-state index in [-0.39, 0.29) is 0 Å². The Morgan fingerprint density at radius 2 is 1.86 bits per heavy atom. The van der Waals surface area contributed by atoms with E-state index in [1.54, 1.807) is 6.07 Å². The van der Waals surface area contributed by atoms with Gasteiger partial charge in [-0.3, -0.25) is 0 Å². The zero-order valence-electron chi connectivity index (χ0n) is 12.4. The summed E-state index contributed by atoms with van der Waals surface area (Å²) in [6.45, 7) is 0.818. The summed E-state index contributed by atoms with van der Waals surface area (Å²) in [7, 11) is 3.32. The van der Waals surface area contributed by atoms with Crippen LogP contribution in [0.25, 0.3) is 0 Å². The molecule has 0 saturated carbocycles. The van der Waals surface area contributed by atoms with E-state index in [2.05, 4.69) is 17.0 Å². The number of benzene rings is 2. The molecular formula is C17H20N2O2. The number of carbonyl (C=O) groups excluding carboxylic acids is 1. The summed E-state index contributed by atoms with van der Waals surface area (Å²) in [4.78, 5) is 13.7. The van der Waals surface area contributed by atoms with Crippen molar-refractivity contribution in [2.24, 2.45) is 0 Å². The SMILES string of the molecule is COC(=O)c1cccc(N(C)CCc2ccccc2)c1N. The van der Waals surface area contributed by atoms with E-state index in [1.807, 2.05) is 37.4 Å². The molecule has 0 saturated heterocycles. The minimum atomic E-state index is -0.411. The van der Waals surface area contributed by atoms with Gasteiger partial charge in [-0.2, -0.15) is 0 Å². The molecule has 2 aromatic rings. The summed E-state index contributed by atoms with van der Waals surface area (Å²) >= 11 is 0. The fraction of sp³-hybridized carbons (Fsp3) is 0.235. The molecule has 2 aromatic carbocycles. The molecule has 0 bridgehead atoms. The number of ether oxygens (including phenoxy) is 1. The number of nitrogens with two attached hydrogens (primary N) is 1. The summed E-state index contributed by atoms with van der Waals surface area (Å²) in [6.07, 6.45) is 0.916. The largest absolute Gasteiger partial charge is 0.465 e. The molecule has 0 unspecified atom stereocenters. The molecule has 0 aliphatic heterocycles. The van der Waals surface area contributed by atoms with Crippen molar-refractivity contribution in [1.82, 2.24) is 0 Å². The summed E-state index contributed by atoms with van der Waals surface area (Å²) in [6, 6.07) is 15.7. The molecule has 110 valence electrons. The molecule has 2 N–H and O–H groups in total. The van der Waals surface area contributed by atoms with E-state index in [4.69, 9.17) is 10.5 Å². The minimum Gasteiger partial charge on any atom is -0.465 e. The highest BCUT2D eigenvalue weighted by atomic mass is 16.5. The van der Waals surface area contributed by atoms with E-state index in [9.17, 15) is 4.79 Å². The Labute approximate surface area is 125 Å². The normalized spacial score (nSPS) is 10.2. The monoisotopic (exact) mass is 284 g/mol. The first-order valence-electron chi connectivity index (χ1n) is 6.85. The number of hydrogen-bond acceptors (Lipinski definition) is 4. The number of carbonyl (C=O) groups is 1. The Bertz CT molecular complexity index is 611. The molecule has 4 nitrogen and oxygen atoms in total. The van der Waals surface area contributed by atoms with Crippen LogP contribution in [-0.2, 0) is 11.2 Å². The number of anilines is 2. The lowest BCUT2D eigenvalue weighted by Gasteiger charge is -2.22. The first-order valence-corrected chi connectivity index (χ1v) is 6.85. The molecule has 0 aliphatic rings. The Morgan fingerprint density at radius 3 is 2.52 bits per heavy atom. The first-order chi connectivity index (χ1) is 10.1.